The summed E-state index contributed by atoms with van der Waals surface area (Å²) in [5, 5.41) is 3.33. The second-order valence-electron chi connectivity index (χ2n) is 7.38. The Balaban J connectivity index is 0.00000385. The molecule has 1 aromatic heterocycles. The summed E-state index contributed by atoms with van der Waals surface area (Å²) in [6.45, 7) is 4.80. The number of fused-ring (bicyclic) bond motifs is 1. The summed E-state index contributed by atoms with van der Waals surface area (Å²) in [6.07, 6.45) is 4.85. The van der Waals surface area contributed by atoms with Gasteiger partial charge in [0.15, 0.2) is 11.5 Å². The van der Waals surface area contributed by atoms with Gasteiger partial charge >= 0.3 is 0 Å². The number of hydrogen-bond donors (Lipinski definition) is 2. The average Bonchev–Trinajstić information content (AvgIpc) is 3.14. The zero-order chi connectivity index (χ0) is 23.3. The number of hydrogen-bond acceptors (Lipinski definition) is 7. The van der Waals surface area contributed by atoms with Crippen molar-refractivity contribution < 1.29 is 23.8 Å². The molecule has 1 aliphatic rings. The summed E-state index contributed by atoms with van der Waals surface area (Å²) < 4.78 is 16.0. The predicted octanol–water partition coefficient (Wildman–Crippen LogP) is 3.71. The van der Waals surface area contributed by atoms with Crippen LogP contribution in [0.3, 0.4) is 0 Å². The zero-order valence-corrected chi connectivity index (χ0v) is 20.9. The maximum absolute atomic E-state index is 12.6. The number of amides is 2. The number of primary amides is 1. The SMILES string of the molecule is CCCN1CCc2c(sc(NC(=O)/C=C/c3cc(OC)c(OC)c(OC)c3)c2C(N)=O)C1.Cl. The highest BCUT2D eigenvalue weighted by molar-refractivity contribution is 7.17. The summed E-state index contributed by atoms with van der Waals surface area (Å²) in [7, 11) is 4.59. The van der Waals surface area contributed by atoms with Crippen molar-refractivity contribution in [3.8, 4) is 17.2 Å². The van der Waals surface area contributed by atoms with Gasteiger partial charge < -0.3 is 25.3 Å². The Hall–Kier alpha value is -2.75. The van der Waals surface area contributed by atoms with E-state index in [-0.39, 0.29) is 18.3 Å². The van der Waals surface area contributed by atoms with Crippen LogP contribution in [-0.2, 0) is 17.8 Å². The molecular weight excluding hydrogens is 466 g/mol. The molecule has 0 saturated heterocycles. The van der Waals surface area contributed by atoms with Crippen LogP contribution in [0.5, 0.6) is 17.2 Å². The lowest BCUT2D eigenvalue weighted by Crippen LogP contribution is -2.31. The van der Waals surface area contributed by atoms with Gasteiger partial charge in [0, 0.05) is 24.0 Å². The van der Waals surface area contributed by atoms with Crippen LogP contribution in [-0.4, -0.2) is 51.1 Å². The first-order chi connectivity index (χ1) is 15.4. The van der Waals surface area contributed by atoms with Gasteiger partial charge in [-0.3, -0.25) is 14.5 Å². The van der Waals surface area contributed by atoms with Crippen molar-refractivity contribution in [1.82, 2.24) is 4.90 Å². The van der Waals surface area contributed by atoms with Crippen LogP contribution in [0.4, 0.5) is 5.00 Å². The molecule has 0 spiro atoms. The number of carbonyl (C=O) groups excluding carboxylic acids is 2. The first kappa shape index (κ1) is 26.5. The van der Waals surface area contributed by atoms with E-state index in [4.69, 9.17) is 19.9 Å². The van der Waals surface area contributed by atoms with Crippen LogP contribution in [0.2, 0.25) is 0 Å². The third-order valence-electron chi connectivity index (χ3n) is 5.27. The van der Waals surface area contributed by atoms with Crippen LogP contribution >= 0.6 is 23.7 Å². The zero-order valence-electron chi connectivity index (χ0n) is 19.2. The third-order valence-corrected chi connectivity index (χ3v) is 6.41. The molecule has 1 aliphatic heterocycles. The summed E-state index contributed by atoms with van der Waals surface area (Å²) in [5.74, 6) is 0.584. The molecule has 2 heterocycles. The highest BCUT2D eigenvalue weighted by atomic mass is 35.5. The highest BCUT2D eigenvalue weighted by Crippen LogP contribution is 2.39. The van der Waals surface area contributed by atoms with Crippen LogP contribution < -0.4 is 25.3 Å². The van der Waals surface area contributed by atoms with Gasteiger partial charge in [-0.05, 0) is 48.7 Å². The number of halogens is 1. The second kappa shape index (κ2) is 11.9. The summed E-state index contributed by atoms with van der Waals surface area (Å²) >= 11 is 1.42. The van der Waals surface area contributed by atoms with Crippen molar-refractivity contribution in [2.45, 2.75) is 26.3 Å². The minimum Gasteiger partial charge on any atom is -0.493 e. The number of carbonyl (C=O) groups is 2. The largest absolute Gasteiger partial charge is 0.493 e. The Bertz CT molecular complexity index is 1010. The fourth-order valence-corrected chi connectivity index (χ4v) is 5.13. The molecule has 2 aromatic rings. The van der Waals surface area contributed by atoms with E-state index in [9.17, 15) is 9.59 Å². The molecule has 10 heteroatoms. The van der Waals surface area contributed by atoms with Crippen molar-refractivity contribution >= 4 is 46.6 Å². The summed E-state index contributed by atoms with van der Waals surface area (Å²) in [6, 6.07) is 3.48. The van der Waals surface area contributed by atoms with Gasteiger partial charge in [0.05, 0.1) is 26.9 Å². The third kappa shape index (κ3) is 5.98. The minimum absolute atomic E-state index is 0. The quantitative estimate of drug-likeness (QED) is 0.514. The molecule has 8 nitrogen and oxygen atoms in total. The highest BCUT2D eigenvalue weighted by Gasteiger charge is 2.27. The first-order valence-corrected chi connectivity index (χ1v) is 11.2. The molecule has 0 atom stereocenters. The standard InChI is InChI=1S/C23H29N3O5S.ClH/c1-5-9-26-10-8-15-18(13-26)32-23(20(15)22(24)28)25-19(27)7-6-14-11-16(29-2)21(31-4)17(12-14)30-3;/h6-7,11-12H,5,8-10,13H2,1-4H3,(H2,24,28)(H,25,27);1H/b7-6+;. The van der Waals surface area contributed by atoms with E-state index in [1.54, 1.807) is 18.2 Å². The maximum Gasteiger partial charge on any atom is 0.251 e. The van der Waals surface area contributed by atoms with Gasteiger partial charge in [-0.15, -0.1) is 23.7 Å². The molecule has 180 valence electrons. The topological polar surface area (TPSA) is 103 Å². The molecule has 0 aliphatic carbocycles. The number of nitrogens with two attached hydrogens (primary N) is 1. The molecule has 1 aromatic carbocycles. The lowest BCUT2D eigenvalue weighted by atomic mass is 10.0. The summed E-state index contributed by atoms with van der Waals surface area (Å²) in [4.78, 5) is 28.2. The normalized spacial score (nSPS) is 13.2. The molecule has 3 N–H and O–H groups in total. The monoisotopic (exact) mass is 495 g/mol. The number of nitrogens with zero attached hydrogens (tertiary/aromatic N) is 1. The van der Waals surface area contributed by atoms with Crippen molar-refractivity contribution in [3.05, 3.63) is 39.8 Å². The smallest absolute Gasteiger partial charge is 0.251 e. The lowest BCUT2D eigenvalue weighted by molar-refractivity contribution is -0.111. The number of benzene rings is 1. The van der Waals surface area contributed by atoms with Crippen LogP contribution in [0, 0.1) is 0 Å². The minimum atomic E-state index is -0.518. The van der Waals surface area contributed by atoms with E-state index in [1.807, 2.05) is 0 Å². The molecule has 0 bridgehead atoms. The first-order valence-electron chi connectivity index (χ1n) is 10.4. The fourth-order valence-electron chi connectivity index (χ4n) is 3.84. The molecule has 0 unspecified atom stereocenters. The molecule has 3 rings (SSSR count). The predicted molar refractivity (Wildman–Crippen MR) is 133 cm³/mol. The van der Waals surface area contributed by atoms with E-state index < -0.39 is 5.91 Å². The molecule has 0 radical (unpaired) electrons. The second-order valence-corrected chi connectivity index (χ2v) is 8.48. The van der Waals surface area contributed by atoms with Crippen LogP contribution in [0.15, 0.2) is 18.2 Å². The van der Waals surface area contributed by atoms with E-state index >= 15 is 0 Å². The number of methoxy groups -OCH3 is 3. The molecule has 0 saturated carbocycles. The van der Waals surface area contributed by atoms with Crippen molar-refractivity contribution in [3.63, 3.8) is 0 Å². The Morgan fingerprint density at radius 2 is 1.85 bits per heavy atom. The number of ether oxygens (including phenoxy) is 3. The average molecular weight is 496 g/mol. The van der Waals surface area contributed by atoms with Gasteiger partial charge in [-0.2, -0.15) is 0 Å². The molecule has 33 heavy (non-hydrogen) atoms. The lowest BCUT2D eigenvalue weighted by Gasteiger charge is -2.26. The van der Waals surface area contributed by atoms with Gasteiger partial charge in [-0.25, -0.2) is 0 Å². The van der Waals surface area contributed by atoms with Crippen molar-refractivity contribution in [1.29, 1.82) is 0 Å². The van der Waals surface area contributed by atoms with Gasteiger partial charge in [0.1, 0.15) is 5.00 Å². The van der Waals surface area contributed by atoms with E-state index in [2.05, 4.69) is 17.1 Å². The molecular formula is C23H30ClN3O5S. The van der Waals surface area contributed by atoms with Crippen molar-refractivity contribution in [2.75, 3.05) is 39.7 Å². The maximum atomic E-state index is 12.6. The van der Waals surface area contributed by atoms with Gasteiger partial charge in [0.25, 0.3) is 5.91 Å². The number of thiophene rings is 1. The van der Waals surface area contributed by atoms with Crippen LogP contribution in [0.1, 0.15) is 39.7 Å². The Labute approximate surface area is 204 Å². The Kier molecular flexibility index (Phi) is 9.57. The Morgan fingerprint density at radius 3 is 2.39 bits per heavy atom. The van der Waals surface area contributed by atoms with Gasteiger partial charge in [-0.1, -0.05) is 6.92 Å². The number of anilines is 1. The van der Waals surface area contributed by atoms with Crippen LogP contribution in [0.25, 0.3) is 6.08 Å². The van der Waals surface area contributed by atoms with E-state index in [0.717, 1.165) is 42.9 Å². The van der Waals surface area contributed by atoms with E-state index in [1.165, 1.54) is 38.7 Å². The summed E-state index contributed by atoms with van der Waals surface area (Å²) in [5.41, 5.74) is 7.74. The van der Waals surface area contributed by atoms with Gasteiger partial charge in [0.2, 0.25) is 11.7 Å². The fraction of sp³-hybridized carbons (Fsp3) is 0.391. The number of rotatable bonds is 9. The Morgan fingerprint density at radius 1 is 1.18 bits per heavy atom. The van der Waals surface area contributed by atoms with Crippen molar-refractivity contribution in [2.24, 2.45) is 5.73 Å². The molecule has 2 amide bonds. The number of nitrogens with one attached hydrogen (secondary N) is 1. The van der Waals surface area contributed by atoms with E-state index in [0.29, 0.717) is 33.4 Å². The molecule has 0 fully saturated rings.